The maximum absolute atomic E-state index is 12.6. The molecule has 170 valence electrons. The fourth-order valence-electron chi connectivity index (χ4n) is 3.05. The molecule has 0 aliphatic rings. The Hall–Kier alpha value is -3.61. The van der Waals surface area contributed by atoms with Crippen LogP contribution in [0.1, 0.15) is 0 Å². The Balaban J connectivity index is 1.55. The molecular weight excluding hydrogens is 490 g/mol. The Labute approximate surface area is 196 Å². The van der Waals surface area contributed by atoms with Gasteiger partial charge in [0.25, 0.3) is 15.6 Å². The van der Waals surface area contributed by atoms with Crippen LogP contribution in [0.5, 0.6) is 5.88 Å². The van der Waals surface area contributed by atoms with Crippen molar-refractivity contribution >= 4 is 61.1 Å². The third-order valence-electron chi connectivity index (χ3n) is 4.57. The van der Waals surface area contributed by atoms with Crippen molar-refractivity contribution < 1.29 is 18.3 Å². The Morgan fingerprint density at radius 2 is 1.88 bits per heavy atom. The lowest BCUT2D eigenvalue weighted by Crippen LogP contribution is -2.34. The number of aromatic hydroxyl groups is 1. The molecule has 4 rings (SSSR count). The molecule has 1 aromatic carbocycles. The molecule has 0 aliphatic carbocycles. The fourth-order valence-corrected chi connectivity index (χ4v) is 5.44. The summed E-state index contributed by atoms with van der Waals surface area (Å²) < 4.78 is 27.5. The van der Waals surface area contributed by atoms with Crippen molar-refractivity contribution in [1.82, 2.24) is 14.3 Å². The summed E-state index contributed by atoms with van der Waals surface area (Å²) in [6.07, 6.45) is 1.23. The molecular formula is C20H16ClN5O5S2. The van der Waals surface area contributed by atoms with Crippen molar-refractivity contribution in [1.29, 1.82) is 0 Å². The van der Waals surface area contributed by atoms with Gasteiger partial charge in [0.1, 0.15) is 10.0 Å². The number of thiophene rings is 1. The molecule has 0 spiro atoms. The first kappa shape index (κ1) is 22.6. The summed E-state index contributed by atoms with van der Waals surface area (Å²) in [5.41, 5.74) is 0.456. The first-order valence-electron chi connectivity index (χ1n) is 9.30. The van der Waals surface area contributed by atoms with Crippen LogP contribution < -0.4 is 20.9 Å². The smallest absolute Gasteiger partial charge is 0.333 e. The highest BCUT2D eigenvalue weighted by molar-refractivity contribution is 7.92. The summed E-state index contributed by atoms with van der Waals surface area (Å²) in [5, 5.41) is 17.0. The zero-order valence-corrected chi connectivity index (χ0v) is 19.3. The van der Waals surface area contributed by atoms with Gasteiger partial charge in [-0.2, -0.15) is 0 Å². The van der Waals surface area contributed by atoms with E-state index in [1.807, 2.05) is 4.72 Å². The van der Waals surface area contributed by atoms with E-state index in [0.717, 1.165) is 21.6 Å². The number of carbonyl (C=O) groups excluding carboxylic acids is 1. The van der Waals surface area contributed by atoms with E-state index in [0.29, 0.717) is 10.8 Å². The highest BCUT2D eigenvalue weighted by atomic mass is 35.5. The highest BCUT2D eigenvalue weighted by Gasteiger charge is 2.20. The standard InChI is InChI=1S/C20H16ClN5O5S2/c1-22-12-2-4-14-11(8-12)9-17(27)26(19(14)28)16-6-3-13(10-23-16)24-20(29)25-33(30,31)18-7-5-15(21)32-18/h2-10,22,28H,1H3,(H2,24,25,29). The second-order valence-electron chi connectivity index (χ2n) is 6.72. The number of pyridine rings is 2. The molecule has 0 atom stereocenters. The normalized spacial score (nSPS) is 11.3. The van der Waals surface area contributed by atoms with Crippen LogP contribution in [-0.2, 0) is 10.0 Å². The molecule has 13 heteroatoms. The van der Waals surface area contributed by atoms with Gasteiger partial charge in [-0.3, -0.25) is 4.79 Å². The van der Waals surface area contributed by atoms with E-state index in [-0.39, 0.29) is 25.9 Å². The van der Waals surface area contributed by atoms with Gasteiger partial charge >= 0.3 is 6.03 Å². The van der Waals surface area contributed by atoms with E-state index in [1.165, 1.54) is 36.5 Å². The van der Waals surface area contributed by atoms with Crippen LogP contribution in [0.3, 0.4) is 0 Å². The molecule has 0 radical (unpaired) electrons. The van der Waals surface area contributed by atoms with Crippen molar-refractivity contribution in [3.05, 3.63) is 69.4 Å². The Bertz CT molecular complexity index is 1530. The van der Waals surface area contributed by atoms with Crippen LogP contribution in [0, 0.1) is 0 Å². The molecule has 3 heterocycles. The lowest BCUT2D eigenvalue weighted by molar-refractivity contribution is 0.256. The molecule has 0 fully saturated rings. The number of aromatic nitrogens is 2. The second kappa shape index (κ2) is 8.73. The van der Waals surface area contributed by atoms with E-state index in [1.54, 1.807) is 25.2 Å². The average Bonchev–Trinajstić information content (AvgIpc) is 3.21. The topological polar surface area (TPSA) is 142 Å². The number of anilines is 2. The minimum atomic E-state index is -4.08. The summed E-state index contributed by atoms with van der Waals surface area (Å²) in [7, 11) is -2.33. The number of amides is 2. The lowest BCUT2D eigenvalue weighted by atomic mass is 10.1. The first-order chi connectivity index (χ1) is 15.7. The maximum Gasteiger partial charge on any atom is 0.333 e. The van der Waals surface area contributed by atoms with E-state index in [9.17, 15) is 23.1 Å². The quantitative estimate of drug-likeness (QED) is 0.325. The average molecular weight is 506 g/mol. The summed E-state index contributed by atoms with van der Waals surface area (Å²) in [6, 6.07) is 11.0. The molecule has 0 unspecified atom stereocenters. The molecule has 2 amide bonds. The minimum Gasteiger partial charge on any atom is -0.494 e. The van der Waals surface area contributed by atoms with E-state index >= 15 is 0 Å². The number of hydrogen-bond donors (Lipinski definition) is 4. The number of nitrogens with zero attached hydrogens (tertiary/aromatic N) is 2. The summed E-state index contributed by atoms with van der Waals surface area (Å²) in [5.74, 6) is -0.171. The summed E-state index contributed by atoms with van der Waals surface area (Å²) >= 11 is 6.55. The Morgan fingerprint density at radius 3 is 2.52 bits per heavy atom. The Morgan fingerprint density at radius 1 is 1.12 bits per heavy atom. The SMILES string of the molecule is CNc1ccc2c(O)n(-c3ccc(NC(=O)NS(=O)(=O)c4ccc(Cl)s4)cn3)c(=O)cc2c1. The first-order valence-corrected chi connectivity index (χ1v) is 12.0. The molecule has 4 N–H and O–H groups in total. The van der Waals surface area contributed by atoms with Crippen LogP contribution in [0.4, 0.5) is 16.2 Å². The number of urea groups is 1. The summed E-state index contributed by atoms with van der Waals surface area (Å²) in [4.78, 5) is 28.8. The van der Waals surface area contributed by atoms with Gasteiger partial charge in [0.2, 0.25) is 5.88 Å². The van der Waals surface area contributed by atoms with Gasteiger partial charge in [-0.15, -0.1) is 11.3 Å². The number of hydrogen-bond acceptors (Lipinski definition) is 8. The molecule has 0 saturated carbocycles. The van der Waals surface area contributed by atoms with Gasteiger partial charge in [0.05, 0.1) is 16.2 Å². The monoisotopic (exact) mass is 505 g/mol. The van der Waals surface area contributed by atoms with Crippen molar-refractivity contribution in [3.63, 3.8) is 0 Å². The third kappa shape index (κ3) is 4.62. The molecule has 0 bridgehead atoms. The number of nitrogens with one attached hydrogen (secondary N) is 3. The molecule has 33 heavy (non-hydrogen) atoms. The maximum atomic E-state index is 12.6. The van der Waals surface area contributed by atoms with Gasteiger partial charge in [0, 0.05) is 24.2 Å². The molecule has 0 aliphatic heterocycles. The fraction of sp³-hybridized carbons (Fsp3) is 0.0500. The van der Waals surface area contributed by atoms with Gasteiger partial charge in [0.15, 0.2) is 0 Å². The minimum absolute atomic E-state index is 0.107. The predicted molar refractivity (Wildman–Crippen MR) is 127 cm³/mol. The van der Waals surface area contributed by atoms with Gasteiger partial charge in [-0.05, 0) is 47.9 Å². The Kier molecular flexibility index (Phi) is 5.97. The number of benzene rings is 1. The number of halogens is 1. The molecule has 10 nitrogen and oxygen atoms in total. The van der Waals surface area contributed by atoms with Crippen LogP contribution in [0.2, 0.25) is 4.34 Å². The van der Waals surface area contributed by atoms with Crippen LogP contribution in [0.25, 0.3) is 16.6 Å². The van der Waals surface area contributed by atoms with E-state index in [4.69, 9.17) is 11.6 Å². The lowest BCUT2D eigenvalue weighted by Gasteiger charge is -2.12. The predicted octanol–water partition coefficient (Wildman–Crippen LogP) is 3.36. The van der Waals surface area contributed by atoms with Crippen molar-refractivity contribution in [3.8, 4) is 11.7 Å². The van der Waals surface area contributed by atoms with E-state index < -0.39 is 21.6 Å². The van der Waals surface area contributed by atoms with Crippen LogP contribution >= 0.6 is 22.9 Å². The number of carbonyl (C=O) groups is 1. The molecule has 4 aromatic rings. The number of sulfonamides is 1. The highest BCUT2D eigenvalue weighted by Crippen LogP contribution is 2.27. The molecule has 0 saturated heterocycles. The van der Waals surface area contributed by atoms with E-state index in [2.05, 4.69) is 15.6 Å². The van der Waals surface area contributed by atoms with Gasteiger partial charge < -0.3 is 15.7 Å². The van der Waals surface area contributed by atoms with Crippen LogP contribution in [0.15, 0.2) is 63.7 Å². The van der Waals surface area contributed by atoms with Gasteiger partial charge in [-0.1, -0.05) is 11.6 Å². The van der Waals surface area contributed by atoms with Gasteiger partial charge in [-0.25, -0.2) is 27.5 Å². The van der Waals surface area contributed by atoms with Crippen molar-refractivity contribution in [2.45, 2.75) is 4.21 Å². The van der Waals surface area contributed by atoms with Crippen molar-refractivity contribution in [2.24, 2.45) is 0 Å². The second-order valence-corrected chi connectivity index (χ2v) is 10.3. The number of fused-ring (bicyclic) bond motifs is 1. The summed E-state index contributed by atoms with van der Waals surface area (Å²) in [6.45, 7) is 0. The largest absolute Gasteiger partial charge is 0.494 e. The zero-order valence-electron chi connectivity index (χ0n) is 16.9. The molecule has 3 aromatic heterocycles. The zero-order chi connectivity index (χ0) is 23.8. The van der Waals surface area contributed by atoms with Crippen LogP contribution in [-0.4, -0.2) is 36.2 Å². The van der Waals surface area contributed by atoms with Crippen molar-refractivity contribution in [2.75, 3.05) is 17.7 Å². The third-order valence-corrected chi connectivity index (χ3v) is 7.62. The number of rotatable bonds is 5.